The number of aromatic nitrogens is 3. The molecule has 9 heteroatoms. The highest BCUT2D eigenvalue weighted by Crippen LogP contribution is 2.17. The number of aryl methyl sites for hydroxylation is 1. The Hall–Kier alpha value is -2.13. The van der Waals surface area contributed by atoms with Crippen LogP contribution in [0.25, 0.3) is 0 Å². The molecule has 0 saturated carbocycles. The molecule has 0 radical (unpaired) electrons. The largest absolute Gasteiger partial charge is 0.306 e. The summed E-state index contributed by atoms with van der Waals surface area (Å²) in [6.45, 7) is 1.69. The third kappa shape index (κ3) is 2.41. The zero-order chi connectivity index (χ0) is 13.1. The standard InChI is InChI=1S/C9H9FN6OS/c1-4-13-9(18-16-4)14-8(17)5-2-3-12-7(15-11)6(5)10/h2-3H,11H2,1H3,(H,12,15)(H,13,14,16,17). The molecular formula is C9H9FN6OS. The van der Waals surface area contributed by atoms with Gasteiger partial charge in [-0.25, -0.2) is 20.2 Å². The van der Waals surface area contributed by atoms with Gasteiger partial charge in [0, 0.05) is 17.7 Å². The number of nitrogens with one attached hydrogen (secondary N) is 2. The van der Waals surface area contributed by atoms with Crippen LogP contribution in [0.3, 0.4) is 0 Å². The number of hydrazine groups is 1. The van der Waals surface area contributed by atoms with Crippen LogP contribution in [0.5, 0.6) is 0 Å². The van der Waals surface area contributed by atoms with Gasteiger partial charge in [0.2, 0.25) is 5.13 Å². The van der Waals surface area contributed by atoms with E-state index in [1.54, 1.807) is 6.92 Å². The van der Waals surface area contributed by atoms with Crippen molar-refractivity contribution in [3.63, 3.8) is 0 Å². The van der Waals surface area contributed by atoms with Gasteiger partial charge < -0.3 is 5.43 Å². The normalized spacial score (nSPS) is 10.2. The first-order valence-corrected chi connectivity index (χ1v) is 5.62. The summed E-state index contributed by atoms with van der Waals surface area (Å²) in [6.07, 6.45) is 1.28. The number of anilines is 2. The van der Waals surface area contributed by atoms with Crippen LogP contribution in [-0.2, 0) is 0 Å². The Labute approximate surface area is 105 Å². The average molecular weight is 268 g/mol. The molecule has 2 heterocycles. The molecule has 0 saturated heterocycles. The fourth-order valence-electron chi connectivity index (χ4n) is 1.23. The van der Waals surface area contributed by atoms with Crippen LogP contribution in [0.4, 0.5) is 15.3 Å². The lowest BCUT2D eigenvalue weighted by Gasteiger charge is -2.05. The number of carbonyl (C=O) groups excluding carboxylic acids is 1. The summed E-state index contributed by atoms with van der Waals surface area (Å²) in [7, 11) is 0. The highest BCUT2D eigenvalue weighted by molar-refractivity contribution is 7.09. The highest BCUT2D eigenvalue weighted by atomic mass is 32.1. The zero-order valence-electron chi connectivity index (χ0n) is 9.27. The molecule has 2 aromatic rings. The molecular weight excluding hydrogens is 259 g/mol. The number of carbonyl (C=O) groups is 1. The van der Waals surface area contributed by atoms with Gasteiger partial charge in [-0.1, -0.05) is 0 Å². The van der Waals surface area contributed by atoms with Crippen LogP contribution in [0.2, 0.25) is 0 Å². The SMILES string of the molecule is Cc1nsc(NC(=O)c2ccnc(NN)c2F)n1. The topological polar surface area (TPSA) is 106 Å². The van der Waals surface area contributed by atoms with E-state index in [1.165, 1.54) is 12.3 Å². The molecule has 0 aliphatic heterocycles. The number of amides is 1. The maximum Gasteiger partial charge on any atom is 0.260 e. The molecule has 0 fully saturated rings. The lowest BCUT2D eigenvalue weighted by atomic mass is 10.2. The van der Waals surface area contributed by atoms with Crippen LogP contribution >= 0.6 is 11.5 Å². The van der Waals surface area contributed by atoms with Crippen molar-refractivity contribution >= 4 is 28.4 Å². The fraction of sp³-hybridized carbons (Fsp3) is 0.111. The van der Waals surface area contributed by atoms with E-state index >= 15 is 0 Å². The van der Waals surface area contributed by atoms with Gasteiger partial charge >= 0.3 is 0 Å². The van der Waals surface area contributed by atoms with E-state index in [-0.39, 0.29) is 11.4 Å². The van der Waals surface area contributed by atoms with Gasteiger partial charge in [0.05, 0.1) is 5.56 Å². The first-order valence-electron chi connectivity index (χ1n) is 4.84. The van der Waals surface area contributed by atoms with Gasteiger partial charge in [0.25, 0.3) is 5.91 Å². The van der Waals surface area contributed by atoms with Crippen molar-refractivity contribution in [2.24, 2.45) is 5.84 Å². The maximum absolute atomic E-state index is 13.7. The Balaban J connectivity index is 2.24. The lowest BCUT2D eigenvalue weighted by molar-refractivity contribution is 0.102. The molecule has 0 unspecified atom stereocenters. The molecule has 0 aromatic carbocycles. The molecule has 0 aliphatic rings. The molecule has 2 aromatic heterocycles. The first-order chi connectivity index (χ1) is 8.61. The lowest BCUT2D eigenvalue weighted by Crippen LogP contribution is -2.17. The van der Waals surface area contributed by atoms with Gasteiger partial charge in [-0.2, -0.15) is 4.37 Å². The number of nitrogen functional groups attached to an aromatic ring is 1. The number of pyridine rings is 1. The number of rotatable bonds is 3. The van der Waals surface area contributed by atoms with Crippen molar-refractivity contribution in [1.29, 1.82) is 0 Å². The Bertz CT molecular complexity index is 586. The zero-order valence-corrected chi connectivity index (χ0v) is 10.1. The smallest absolute Gasteiger partial charge is 0.260 e. The van der Waals surface area contributed by atoms with Crippen LogP contribution in [-0.4, -0.2) is 20.2 Å². The summed E-state index contributed by atoms with van der Waals surface area (Å²) in [5.74, 6) is 3.95. The summed E-state index contributed by atoms with van der Waals surface area (Å²) in [6, 6.07) is 1.25. The van der Waals surface area contributed by atoms with Gasteiger partial charge in [-0.3, -0.25) is 10.1 Å². The summed E-state index contributed by atoms with van der Waals surface area (Å²) in [5, 5.41) is 2.74. The van der Waals surface area contributed by atoms with E-state index in [0.29, 0.717) is 11.0 Å². The summed E-state index contributed by atoms with van der Waals surface area (Å²) in [5.41, 5.74) is 1.89. The van der Waals surface area contributed by atoms with E-state index in [4.69, 9.17) is 5.84 Å². The third-order valence-corrected chi connectivity index (χ3v) is 2.74. The van der Waals surface area contributed by atoms with Crippen LogP contribution in [0.1, 0.15) is 16.2 Å². The minimum Gasteiger partial charge on any atom is -0.306 e. The molecule has 7 nitrogen and oxygen atoms in total. The second-order valence-corrected chi connectivity index (χ2v) is 4.02. The molecule has 94 valence electrons. The molecule has 2 rings (SSSR count). The van der Waals surface area contributed by atoms with Crippen molar-refractivity contribution < 1.29 is 9.18 Å². The molecule has 1 amide bonds. The second kappa shape index (κ2) is 5.02. The summed E-state index contributed by atoms with van der Waals surface area (Å²) >= 11 is 1.02. The van der Waals surface area contributed by atoms with Crippen molar-refractivity contribution in [2.45, 2.75) is 6.92 Å². The van der Waals surface area contributed by atoms with Gasteiger partial charge in [-0.05, 0) is 13.0 Å². The van der Waals surface area contributed by atoms with Crippen molar-refractivity contribution in [3.8, 4) is 0 Å². The van der Waals surface area contributed by atoms with Gasteiger partial charge in [-0.15, -0.1) is 0 Å². The summed E-state index contributed by atoms with van der Waals surface area (Å²) < 4.78 is 17.6. The first kappa shape index (κ1) is 12.3. The Morgan fingerprint density at radius 3 is 2.94 bits per heavy atom. The number of halogens is 1. The average Bonchev–Trinajstić information content (AvgIpc) is 2.75. The van der Waals surface area contributed by atoms with Crippen LogP contribution in [0, 0.1) is 12.7 Å². The van der Waals surface area contributed by atoms with E-state index in [1.807, 2.05) is 0 Å². The monoisotopic (exact) mass is 268 g/mol. The Morgan fingerprint density at radius 2 is 2.33 bits per heavy atom. The fourth-order valence-corrected chi connectivity index (χ4v) is 1.80. The molecule has 4 N–H and O–H groups in total. The van der Waals surface area contributed by atoms with E-state index in [9.17, 15) is 9.18 Å². The van der Waals surface area contributed by atoms with Crippen molar-refractivity contribution in [1.82, 2.24) is 14.3 Å². The number of nitrogens with two attached hydrogens (primary N) is 1. The molecule has 0 aliphatic carbocycles. The van der Waals surface area contributed by atoms with E-state index < -0.39 is 11.7 Å². The van der Waals surface area contributed by atoms with Crippen LogP contribution < -0.4 is 16.6 Å². The maximum atomic E-state index is 13.7. The van der Waals surface area contributed by atoms with Crippen molar-refractivity contribution in [2.75, 3.05) is 10.7 Å². The number of hydrogen-bond acceptors (Lipinski definition) is 7. The molecule has 0 bridgehead atoms. The van der Waals surface area contributed by atoms with Crippen molar-refractivity contribution in [3.05, 3.63) is 29.5 Å². The summed E-state index contributed by atoms with van der Waals surface area (Å²) in [4.78, 5) is 19.4. The van der Waals surface area contributed by atoms with Crippen LogP contribution in [0.15, 0.2) is 12.3 Å². The van der Waals surface area contributed by atoms with E-state index in [0.717, 1.165) is 11.5 Å². The Kier molecular flexibility index (Phi) is 3.44. The quantitative estimate of drug-likeness (QED) is 0.564. The minimum atomic E-state index is -0.821. The molecule has 0 atom stereocenters. The number of nitrogens with zero attached hydrogens (tertiary/aromatic N) is 3. The predicted molar refractivity (Wildman–Crippen MR) is 64.6 cm³/mol. The number of hydrogen-bond donors (Lipinski definition) is 3. The minimum absolute atomic E-state index is 0.175. The highest BCUT2D eigenvalue weighted by Gasteiger charge is 2.16. The molecule has 0 spiro atoms. The Morgan fingerprint density at radius 1 is 1.56 bits per heavy atom. The predicted octanol–water partition coefficient (Wildman–Crippen LogP) is 0.919. The molecule has 18 heavy (non-hydrogen) atoms. The van der Waals surface area contributed by atoms with E-state index in [2.05, 4.69) is 25.1 Å². The second-order valence-electron chi connectivity index (χ2n) is 3.27. The van der Waals surface area contributed by atoms with Gasteiger partial charge in [0.15, 0.2) is 11.6 Å². The van der Waals surface area contributed by atoms with Gasteiger partial charge in [0.1, 0.15) is 5.82 Å². The third-order valence-electron chi connectivity index (χ3n) is 2.02.